The van der Waals surface area contributed by atoms with E-state index in [9.17, 15) is 9.18 Å². The van der Waals surface area contributed by atoms with Gasteiger partial charge in [-0.1, -0.05) is 18.2 Å². The number of anilines is 1. The average Bonchev–Trinajstić information content (AvgIpc) is 2.69. The van der Waals surface area contributed by atoms with E-state index < -0.39 is 0 Å². The normalized spacial score (nSPS) is 10.3. The van der Waals surface area contributed by atoms with Crippen LogP contribution in [0, 0.1) is 5.82 Å². The predicted octanol–water partition coefficient (Wildman–Crippen LogP) is 3.20. The van der Waals surface area contributed by atoms with Crippen molar-refractivity contribution in [2.45, 2.75) is 13.0 Å². The minimum Gasteiger partial charge on any atom is -0.385 e. The van der Waals surface area contributed by atoms with Crippen LogP contribution in [0.3, 0.4) is 0 Å². The first-order valence-electron chi connectivity index (χ1n) is 8.32. The third-order valence-electron chi connectivity index (χ3n) is 3.82. The van der Waals surface area contributed by atoms with Gasteiger partial charge < -0.3 is 10.6 Å². The first-order chi connectivity index (χ1) is 12.7. The fourth-order valence-electron chi connectivity index (χ4n) is 2.44. The molecule has 5 nitrogen and oxygen atoms in total. The largest absolute Gasteiger partial charge is 0.385 e. The Balaban J connectivity index is 1.52. The molecule has 0 aliphatic carbocycles. The zero-order valence-electron chi connectivity index (χ0n) is 14.2. The number of nitrogens with zero attached hydrogens (tertiary/aromatic N) is 2. The molecule has 0 saturated heterocycles. The number of nitrogens with one attached hydrogen (secondary N) is 2. The Morgan fingerprint density at radius 3 is 2.65 bits per heavy atom. The van der Waals surface area contributed by atoms with Gasteiger partial charge in [-0.2, -0.15) is 0 Å². The number of aromatic nitrogens is 2. The van der Waals surface area contributed by atoms with Gasteiger partial charge in [0.05, 0.1) is 0 Å². The molecule has 0 radical (unpaired) electrons. The average molecular weight is 350 g/mol. The minimum atomic E-state index is -0.240. The first kappa shape index (κ1) is 17.5. The van der Waals surface area contributed by atoms with Gasteiger partial charge in [0.15, 0.2) is 0 Å². The van der Waals surface area contributed by atoms with Crippen molar-refractivity contribution in [3.8, 4) is 0 Å². The van der Waals surface area contributed by atoms with Gasteiger partial charge in [-0.15, -0.1) is 0 Å². The maximum absolute atomic E-state index is 12.9. The van der Waals surface area contributed by atoms with E-state index in [0.717, 1.165) is 23.2 Å². The number of carbonyl (C=O) groups is 1. The summed E-state index contributed by atoms with van der Waals surface area (Å²) in [4.78, 5) is 20.4. The second-order valence-corrected chi connectivity index (χ2v) is 5.78. The molecule has 1 amide bonds. The Hall–Kier alpha value is -3.28. The molecule has 0 bridgehead atoms. The van der Waals surface area contributed by atoms with E-state index in [0.29, 0.717) is 18.8 Å². The number of rotatable bonds is 7. The molecule has 0 saturated carbocycles. The molecule has 26 heavy (non-hydrogen) atoms. The lowest BCUT2D eigenvalue weighted by Crippen LogP contribution is -2.24. The summed E-state index contributed by atoms with van der Waals surface area (Å²) in [6.45, 7) is 1.07. The lowest BCUT2D eigenvalue weighted by atomic mass is 10.1. The molecule has 6 heteroatoms. The van der Waals surface area contributed by atoms with Gasteiger partial charge in [0.1, 0.15) is 11.5 Å². The highest BCUT2D eigenvalue weighted by Gasteiger charge is 2.07. The van der Waals surface area contributed by atoms with E-state index in [-0.39, 0.29) is 11.7 Å². The van der Waals surface area contributed by atoms with Gasteiger partial charge in [0.25, 0.3) is 5.91 Å². The molecule has 0 aliphatic rings. The second kappa shape index (κ2) is 8.71. The van der Waals surface area contributed by atoms with Crippen LogP contribution in [0.5, 0.6) is 0 Å². The SMILES string of the molecule is O=C(NCc1cccnc1)c1cc(NCCc2ccc(F)cc2)ccn1. The van der Waals surface area contributed by atoms with Crippen LogP contribution < -0.4 is 10.6 Å². The predicted molar refractivity (Wildman–Crippen MR) is 98.2 cm³/mol. The maximum atomic E-state index is 12.9. The summed E-state index contributed by atoms with van der Waals surface area (Å²) >= 11 is 0. The molecular weight excluding hydrogens is 331 g/mol. The van der Waals surface area contributed by atoms with Crippen LogP contribution in [-0.4, -0.2) is 22.4 Å². The smallest absolute Gasteiger partial charge is 0.270 e. The van der Waals surface area contributed by atoms with Crippen LogP contribution in [0.1, 0.15) is 21.6 Å². The standard InChI is InChI=1S/C20H19FN4O/c21-17-5-3-15(4-6-17)7-10-23-18-8-11-24-19(12-18)20(26)25-14-16-2-1-9-22-13-16/h1-6,8-9,11-13H,7,10,14H2,(H,23,24)(H,25,26). The molecule has 0 unspecified atom stereocenters. The van der Waals surface area contributed by atoms with Gasteiger partial charge in [-0.25, -0.2) is 4.39 Å². The summed E-state index contributed by atoms with van der Waals surface area (Å²) in [6, 6.07) is 13.7. The van der Waals surface area contributed by atoms with Gasteiger partial charge in [0, 0.05) is 37.4 Å². The number of halogens is 1. The lowest BCUT2D eigenvalue weighted by molar-refractivity contribution is 0.0946. The van der Waals surface area contributed by atoms with Crippen molar-refractivity contribution in [3.05, 3.63) is 89.8 Å². The van der Waals surface area contributed by atoms with E-state index in [1.165, 1.54) is 12.1 Å². The van der Waals surface area contributed by atoms with Gasteiger partial charge >= 0.3 is 0 Å². The van der Waals surface area contributed by atoms with Crippen LogP contribution in [0.4, 0.5) is 10.1 Å². The number of amides is 1. The maximum Gasteiger partial charge on any atom is 0.270 e. The molecule has 0 spiro atoms. The zero-order valence-corrected chi connectivity index (χ0v) is 14.2. The molecule has 1 aromatic carbocycles. The molecule has 132 valence electrons. The Bertz CT molecular complexity index is 853. The highest BCUT2D eigenvalue weighted by Crippen LogP contribution is 2.09. The van der Waals surface area contributed by atoms with E-state index in [4.69, 9.17) is 0 Å². The molecule has 2 N–H and O–H groups in total. The summed E-state index contributed by atoms with van der Waals surface area (Å²) in [5, 5.41) is 6.08. The Morgan fingerprint density at radius 2 is 1.88 bits per heavy atom. The van der Waals surface area contributed by atoms with E-state index in [1.807, 2.05) is 18.2 Å². The number of hydrogen-bond acceptors (Lipinski definition) is 4. The summed E-state index contributed by atoms with van der Waals surface area (Å²) in [6.07, 6.45) is 5.75. The van der Waals surface area contributed by atoms with Gasteiger partial charge in [-0.3, -0.25) is 14.8 Å². The highest BCUT2D eigenvalue weighted by molar-refractivity contribution is 5.93. The fourth-order valence-corrected chi connectivity index (χ4v) is 2.44. The number of benzene rings is 1. The highest BCUT2D eigenvalue weighted by atomic mass is 19.1. The number of carbonyl (C=O) groups excluding carboxylic acids is 1. The number of hydrogen-bond donors (Lipinski definition) is 2. The molecule has 2 heterocycles. The summed E-state index contributed by atoms with van der Waals surface area (Å²) in [7, 11) is 0. The van der Waals surface area contributed by atoms with Crippen LogP contribution in [0.25, 0.3) is 0 Å². The Morgan fingerprint density at radius 1 is 1.04 bits per heavy atom. The van der Waals surface area contributed by atoms with Gasteiger partial charge in [-0.05, 0) is 47.9 Å². The Kier molecular flexibility index (Phi) is 5.88. The quantitative estimate of drug-likeness (QED) is 0.687. The summed E-state index contributed by atoms with van der Waals surface area (Å²) in [5.41, 5.74) is 3.13. The van der Waals surface area contributed by atoms with Crippen LogP contribution in [-0.2, 0) is 13.0 Å². The van der Waals surface area contributed by atoms with Crippen molar-refractivity contribution in [1.82, 2.24) is 15.3 Å². The molecule has 3 aromatic rings. The molecular formula is C20H19FN4O. The van der Waals surface area contributed by atoms with Crippen LogP contribution >= 0.6 is 0 Å². The van der Waals surface area contributed by atoms with Crippen molar-refractivity contribution in [1.29, 1.82) is 0 Å². The third-order valence-corrected chi connectivity index (χ3v) is 3.82. The van der Waals surface area contributed by atoms with Crippen molar-refractivity contribution in [3.63, 3.8) is 0 Å². The van der Waals surface area contributed by atoms with Crippen molar-refractivity contribution in [2.75, 3.05) is 11.9 Å². The number of pyridine rings is 2. The molecule has 0 aliphatic heterocycles. The molecule has 0 atom stereocenters. The van der Waals surface area contributed by atoms with Crippen LogP contribution in [0.2, 0.25) is 0 Å². The minimum absolute atomic E-state index is 0.238. The molecule has 0 fully saturated rings. The Labute approximate surface area is 151 Å². The fraction of sp³-hybridized carbons (Fsp3) is 0.150. The van der Waals surface area contributed by atoms with E-state index in [1.54, 1.807) is 36.8 Å². The molecule has 2 aromatic heterocycles. The zero-order chi connectivity index (χ0) is 18.2. The summed E-state index contributed by atoms with van der Waals surface area (Å²) < 4.78 is 12.9. The monoisotopic (exact) mass is 350 g/mol. The summed E-state index contributed by atoms with van der Waals surface area (Å²) in [5.74, 6) is -0.478. The lowest BCUT2D eigenvalue weighted by Gasteiger charge is -2.09. The second-order valence-electron chi connectivity index (χ2n) is 5.78. The van der Waals surface area contributed by atoms with Crippen LogP contribution in [0.15, 0.2) is 67.1 Å². The van der Waals surface area contributed by atoms with Gasteiger partial charge in [0.2, 0.25) is 0 Å². The van der Waals surface area contributed by atoms with Crippen molar-refractivity contribution >= 4 is 11.6 Å². The topological polar surface area (TPSA) is 66.9 Å². The van der Waals surface area contributed by atoms with Crippen molar-refractivity contribution in [2.24, 2.45) is 0 Å². The molecule has 3 rings (SSSR count). The van der Waals surface area contributed by atoms with E-state index in [2.05, 4.69) is 20.6 Å². The first-order valence-corrected chi connectivity index (χ1v) is 8.32. The van der Waals surface area contributed by atoms with Crippen molar-refractivity contribution < 1.29 is 9.18 Å². The van der Waals surface area contributed by atoms with E-state index >= 15 is 0 Å². The third kappa shape index (κ3) is 5.11.